The van der Waals surface area contributed by atoms with Gasteiger partial charge in [0.15, 0.2) is 18.1 Å². The van der Waals surface area contributed by atoms with Crippen molar-refractivity contribution in [2.24, 2.45) is 0 Å². The third-order valence-corrected chi connectivity index (χ3v) is 2.44. The Morgan fingerprint density at radius 3 is 2.25 bits per heavy atom. The van der Waals surface area contributed by atoms with Crippen molar-refractivity contribution in [2.75, 3.05) is 13.7 Å². The van der Waals surface area contributed by atoms with E-state index >= 15 is 0 Å². The van der Waals surface area contributed by atoms with Gasteiger partial charge in [0.05, 0.1) is 7.11 Å². The molecule has 0 unspecified atom stereocenters. The molecule has 0 amide bonds. The lowest BCUT2D eigenvalue weighted by atomic mass is 10.1. The number of rotatable bonds is 5. The van der Waals surface area contributed by atoms with Crippen molar-refractivity contribution < 1.29 is 22.6 Å². The van der Waals surface area contributed by atoms with Crippen LogP contribution in [0.3, 0.4) is 0 Å². The number of methoxy groups -OCH3 is 1. The fourth-order valence-electron chi connectivity index (χ4n) is 1.47. The molecule has 1 aromatic rings. The molecule has 0 bridgehead atoms. The fourth-order valence-corrected chi connectivity index (χ4v) is 1.47. The Bertz CT molecular complexity index is 439. The summed E-state index contributed by atoms with van der Waals surface area (Å²) in [4.78, 5) is 0. The summed E-state index contributed by atoms with van der Waals surface area (Å²) in [6.07, 6.45) is -4.36. The van der Waals surface area contributed by atoms with E-state index in [0.717, 1.165) is 5.56 Å². The van der Waals surface area contributed by atoms with Crippen LogP contribution in [0.4, 0.5) is 13.2 Å². The third kappa shape index (κ3) is 6.14. The van der Waals surface area contributed by atoms with Gasteiger partial charge < -0.3 is 14.8 Å². The molecule has 1 N–H and O–H groups in total. The molecule has 1 rings (SSSR count). The van der Waals surface area contributed by atoms with Crippen molar-refractivity contribution in [1.29, 1.82) is 0 Å². The summed E-state index contributed by atoms with van der Waals surface area (Å²) in [6.45, 7) is 5.36. The van der Waals surface area contributed by atoms with Crippen LogP contribution in [0.15, 0.2) is 18.2 Å². The molecule has 114 valence electrons. The molecule has 0 aromatic heterocycles. The maximum absolute atomic E-state index is 12.1. The minimum absolute atomic E-state index is 0.0430. The van der Waals surface area contributed by atoms with E-state index < -0.39 is 12.8 Å². The number of nitrogens with one attached hydrogen (secondary N) is 1. The van der Waals surface area contributed by atoms with E-state index in [9.17, 15) is 13.2 Å². The molecule has 20 heavy (non-hydrogen) atoms. The molecule has 0 atom stereocenters. The lowest BCUT2D eigenvalue weighted by Gasteiger charge is -2.21. The zero-order valence-corrected chi connectivity index (χ0v) is 12.1. The molecule has 0 saturated heterocycles. The minimum atomic E-state index is -4.36. The SMILES string of the molecule is COc1cc(CNC(C)(C)C)ccc1OCC(F)(F)F. The summed E-state index contributed by atoms with van der Waals surface area (Å²) in [5, 5.41) is 3.29. The molecule has 3 nitrogen and oxygen atoms in total. The third-order valence-electron chi connectivity index (χ3n) is 2.44. The highest BCUT2D eigenvalue weighted by Crippen LogP contribution is 2.29. The second-order valence-corrected chi connectivity index (χ2v) is 5.49. The van der Waals surface area contributed by atoms with E-state index in [4.69, 9.17) is 9.47 Å². The number of halogens is 3. The molecule has 0 fully saturated rings. The fraction of sp³-hybridized carbons (Fsp3) is 0.571. The van der Waals surface area contributed by atoms with Gasteiger partial charge in [0.1, 0.15) is 0 Å². The maximum Gasteiger partial charge on any atom is 0.422 e. The summed E-state index contributed by atoms with van der Waals surface area (Å²) < 4.78 is 46.2. The summed E-state index contributed by atoms with van der Waals surface area (Å²) in [7, 11) is 1.40. The second kappa shape index (κ2) is 6.35. The number of hydrogen-bond acceptors (Lipinski definition) is 3. The molecule has 1 aromatic carbocycles. The second-order valence-electron chi connectivity index (χ2n) is 5.49. The summed E-state index contributed by atoms with van der Waals surface area (Å²) in [5.41, 5.74) is 0.870. The van der Waals surface area contributed by atoms with Gasteiger partial charge in [-0.25, -0.2) is 0 Å². The van der Waals surface area contributed by atoms with Crippen molar-refractivity contribution >= 4 is 0 Å². The molecule has 6 heteroatoms. The molecule has 0 spiro atoms. The van der Waals surface area contributed by atoms with E-state index in [0.29, 0.717) is 12.3 Å². The van der Waals surface area contributed by atoms with Crippen molar-refractivity contribution in [2.45, 2.75) is 39.0 Å². The van der Waals surface area contributed by atoms with E-state index in [1.807, 2.05) is 20.8 Å². The Labute approximate surface area is 117 Å². The normalized spacial score (nSPS) is 12.3. The Balaban J connectivity index is 2.75. The van der Waals surface area contributed by atoms with Crippen molar-refractivity contribution in [1.82, 2.24) is 5.32 Å². The van der Waals surface area contributed by atoms with Gasteiger partial charge in [0.2, 0.25) is 0 Å². The van der Waals surface area contributed by atoms with Crippen LogP contribution in [0.25, 0.3) is 0 Å². The maximum atomic E-state index is 12.1. The van der Waals surface area contributed by atoms with Gasteiger partial charge in [-0.05, 0) is 38.5 Å². The van der Waals surface area contributed by atoms with Crippen LogP contribution in [0.5, 0.6) is 11.5 Å². The first-order chi connectivity index (χ1) is 9.11. The largest absolute Gasteiger partial charge is 0.493 e. The van der Waals surface area contributed by atoms with Gasteiger partial charge in [-0.1, -0.05) is 6.07 Å². The zero-order valence-electron chi connectivity index (χ0n) is 12.1. The Morgan fingerprint density at radius 1 is 1.10 bits per heavy atom. The van der Waals surface area contributed by atoms with Crippen molar-refractivity contribution in [3.05, 3.63) is 23.8 Å². The topological polar surface area (TPSA) is 30.5 Å². The lowest BCUT2D eigenvalue weighted by Crippen LogP contribution is -2.35. The Kier molecular flexibility index (Phi) is 5.28. The number of ether oxygens (including phenoxy) is 2. The molecule has 0 heterocycles. The number of hydrogen-bond donors (Lipinski definition) is 1. The molecule has 0 radical (unpaired) electrons. The Morgan fingerprint density at radius 2 is 1.75 bits per heavy atom. The summed E-state index contributed by atoms with van der Waals surface area (Å²) in [6, 6.07) is 4.88. The van der Waals surface area contributed by atoms with Crippen LogP contribution in [0.1, 0.15) is 26.3 Å². The molecule has 0 aliphatic heterocycles. The highest BCUT2D eigenvalue weighted by Gasteiger charge is 2.29. The molecular weight excluding hydrogens is 271 g/mol. The highest BCUT2D eigenvalue weighted by atomic mass is 19.4. The summed E-state index contributed by atoms with van der Waals surface area (Å²) in [5.74, 6) is 0.381. The lowest BCUT2D eigenvalue weighted by molar-refractivity contribution is -0.153. The van der Waals surface area contributed by atoms with Crippen LogP contribution in [-0.2, 0) is 6.54 Å². The predicted octanol–water partition coefficient (Wildman–Crippen LogP) is 3.52. The van der Waals surface area contributed by atoms with Crippen LogP contribution in [0.2, 0.25) is 0 Å². The van der Waals surface area contributed by atoms with Crippen LogP contribution >= 0.6 is 0 Å². The van der Waals surface area contributed by atoms with Crippen molar-refractivity contribution in [3.8, 4) is 11.5 Å². The first kappa shape index (κ1) is 16.6. The monoisotopic (exact) mass is 291 g/mol. The number of benzene rings is 1. The van der Waals surface area contributed by atoms with Gasteiger partial charge in [0.25, 0.3) is 0 Å². The molecule has 0 aliphatic rings. The van der Waals surface area contributed by atoms with E-state index in [-0.39, 0.29) is 11.3 Å². The van der Waals surface area contributed by atoms with E-state index in [2.05, 4.69) is 5.32 Å². The minimum Gasteiger partial charge on any atom is -0.493 e. The van der Waals surface area contributed by atoms with Crippen LogP contribution in [-0.4, -0.2) is 25.4 Å². The average molecular weight is 291 g/mol. The quantitative estimate of drug-likeness (QED) is 0.900. The number of alkyl halides is 3. The predicted molar refractivity (Wildman–Crippen MR) is 71.1 cm³/mol. The average Bonchev–Trinajstić information content (AvgIpc) is 2.32. The molecule has 0 saturated carbocycles. The first-order valence-corrected chi connectivity index (χ1v) is 6.22. The van der Waals surface area contributed by atoms with Gasteiger partial charge in [-0.2, -0.15) is 13.2 Å². The smallest absolute Gasteiger partial charge is 0.422 e. The van der Waals surface area contributed by atoms with Crippen LogP contribution < -0.4 is 14.8 Å². The standard InChI is InChI=1S/C14H20F3NO2/c1-13(2,3)18-8-10-5-6-11(12(7-10)19-4)20-9-14(15,16)17/h5-7,18H,8-9H2,1-4H3. The molecular formula is C14H20F3NO2. The van der Waals surface area contributed by atoms with E-state index in [1.54, 1.807) is 12.1 Å². The summed E-state index contributed by atoms with van der Waals surface area (Å²) >= 11 is 0. The van der Waals surface area contributed by atoms with Gasteiger partial charge in [-0.3, -0.25) is 0 Å². The van der Waals surface area contributed by atoms with E-state index in [1.165, 1.54) is 13.2 Å². The van der Waals surface area contributed by atoms with Crippen LogP contribution in [0, 0.1) is 0 Å². The molecule has 0 aliphatic carbocycles. The van der Waals surface area contributed by atoms with Gasteiger partial charge >= 0.3 is 6.18 Å². The first-order valence-electron chi connectivity index (χ1n) is 6.22. The van der Waals surface area contributed by atoms with Gasteiger partial charge in [-0.15, -0.1) is 0 Å². The van der Waals surface area contributed by atoms with Crippen molar-refractivity contribution in [3.63, 3.8) is 0 Å². The van der Waals surface area contributed by atoms with Gasteiger partial charge in [0, 0.05) is 12.1 Å². The zero-order chi connectivity index (χ0) is 15.4. The highest BCUT2D eigenvalue weighted by molar-refractivity contribution is 5.43. The Hall–Kier alpha value is -1.43.